The minimum Gasteiger partial charge on any atom is -0.495 e. The van der Waals surface area contributed by atoms with Gasteiger partial charge in [-0.05, 0) is 24.5 Å². The van der Waals surface area contributed by atoms with Crippen LogP contribution in [0.2, 0.25) is 0 Å². The molecule has 0 spiro atoms. The van der Waals surface area contributed by atoms with E-state index < -0.39 is 0 Å². The van der Waals surface area contributed by atoms with Crippen molar-refractivity contribution < 1.29 is 4.74 Å². The van der Waals surface area contributed by atoms with Crippen LogP contribution in [0.25, 0.3) is 0 Å². The number of methoxy groups -OCH3 is 1. The second kappa shape index (κ2) is 9.20. The quantitative estimate of drug-likeness (QED) is 0.416. The number of anilines is 1. The number of aliphatic imine (C=N–C) groups is 1. The molecule has 1 atom stereocenters. The van der Waals surface area contributed by atoms with Gasteiger partial charge in [0.05, 0.1) is 12.8 Å². The van der Waals surface area contributed by atoms with Crippen molar-refractivity contribution in [3.8, 4) is 5.75 Å². The fraction of sp³-hybridized carbons (Fsp3) is 0.588. The molecule has 1 aliphatic rings. The highest BCUT2D eigenvalue weighted by molar-refractivity contribution is 14.0. The third-order valence-corrected chi connectivity index (χ3v) is 4.00. The number of ether oxygens (including phenoxy) is 1. The smallest absolute Gasteiger partial charge is 0.195 e. The monoisotopic (exact) mass is 432 g/mol. The summed E-state index contributed by atoms with van der Waals surface area (Å²) in [5, 5.41) is 0. The number of hydrogen-bond acceptors (Lipinski definition) is 3. The highest BCUT2D eigenvalue weighted by Crippen LogP contribution is 2.31. The average molecular weight is 432 g/mol. The molecule has 2 rings (SSSR count). The van der Waals surface area contributed by atoms with Crippen LogP contribution in [0.3, 0.4) is 0 Å². The van der Waals surface area contributed by atoms with Crippen LogP contribution in [0.15, 0.2) is 29.3 Å². The molecule has 5 nitrogen and oxygen atoms in total. The molecule has 23 heavy (non-hydrogen) atoms. The van der Waals surface area contributed by atoms with E-state index in [2.05, 4.69) is 26.8 Å². The maximum Gasteiger partial charge on any atom is 0.195 e. The van der Waals surface area contributed by atoms with Crippen molar-refractivity contribution in [1.29, 1.82) is 0 Å². The first-order chi connectivity index (χ1) is 10.5. The molecule has 0 aliphatic carbocycles. The molecule has 6 heteroatoms. The number of guanidine groups is 1. The SMILES string of the molecule is COc1ccccc1N1CCC(CN=C(N(C)C)N(C)C)C1.I. The largest absolute Gasteiger partial charge is 0.495 e. The lowest BCUT2D eigenvalue weighted by atomic mass is 10.1. The van der Waals surface area contributed by atoms with Crippen molar-refractivity contribution in [2.24, 2.45) is 10.9 Å². The molecule has 130 valence electrons. The normalized spacial score (nSPS) is 16.6. The summed E-state index contributed by atoms with van der Waals surface area (Å²) in [5.74, 6) is 2.57. The molecule has 1 fully saturated rings. The summed E-state index contributed by atoms with van der Waals surface area (Å²) in [6.07, 6.45) is 1.18. The zero-order valence-electron chi connectivity index (χ0n) is 14.8. The maximum absolute atomic E-state index is 5.47. The predicted octanol–water partition coefficient (Wildman–Crippen LogP) is 2.62. The third-order valence-electron chi connectivity index (χ3n) is 4.00. The van der Waals surface area contributed by atoms with E-state index in [1.165, 1.54) is 12.1 Å². The van der Waals surface area contributed by atoms with E-state index in [0.29, 0.717) is 5.92 Å². The van der Waals surface area contributed by atoms with Crippen LogP contribution < -0.4 is 9.64 Å². The van der Waals surface area contributed by atoms with Crippen molar-refractivity contribution in [3.63, 3.8) is 0 Å². The van der Waals surface area contributed by atoms with E-state index in [9.17, 15) is 0 Å². The lowest BCUT2D eigenvalue weighted by Gasteiger charge is -2.23. The van der Waals surface area contributed by atoms with E-state index in [4.69, 9.17) is 9.73 Å². The molecule has 0 saturated carbocycles. The van der Waals surface area contributed by atoms with Gasteiger partial charge in [0.15, 0.2) is 5.96 Å². The van der Waals surface area contributed by atoms with Gasteiger partial charge in [0.25, 0.3) is 0 Å². The Morgan fingerprint density at radius 1 is 1.22 bits per heavy atom. The first kappa shape index (κ1) is 19.9. The second-order valence-electron chi connectivity index (χ2n) is 6.20. The molecule has 0 radical (unpaired) electrons. The number of benzene rings is 1. The minimum absolute atomic E-state index is 0. The summed E-state index contributed by atoms with van der Waals surface area (Å²) in [4.78, 5) is 11.3. The minimum atomic E-state index is 0. The lowest BCUT2D eigenvalue weighted by Crippen LogP contribution is -2.36. The molecule has 1 aromatic rings. The molecule has 1 heterocycles. The van der Waals surface area contributed by atoms with Crippen LogP contribution in [0, 0.1) is 5.92 Å². The van der Waals surface area contributed by atoms with Crippen LogP contribution >= 0.6 is 24.0 Å². The maximum atomic E-state index is 5.47. The molecule has 0 amide bonds. The Labute approximate surface area is 157 Å². The second-order valence-corrected chi connectivity index (χ2v) is 6.20. The van der Waals surface area contributed by atoms with Crippen LogP contribution in [0.4, 0.5) is 5.69 Å². The Balaban J connectivity index is 0.00000264. The topological polar surface area (TPSA) is 31.3 Å². The van der Waals surface area contributed by atoms with Crippen LogP contribution in [-0.2, 0) is 0 Å². The summed E-state index contributed by atoms with van der Waals surface area (Å²) in [7, 11) is 9.88. The number of halogens is 1. The summed E-state index contributed by atoms with van der Waals surface area (Å²) in [6.45, 7) is 2.98. The van der Waals surface area contributed by atoms with Crippen molar-refractivity contribution in [3.05, 3.63) is 24.3 Å². The molecule has 1 unspecified atom stereocenters. The molecular formula is C17H29IN4O. The van der Waals surface area contributed by atoms with E-state index in [0.717, 1.165) is 31.3 Å². The Morgan fingerprint density at radius 2 is 1.87 bits per heavy atom. The summed E-state index contributed by atoms with van der Waals surface area (Å²) >= 11 is 0. The Hall–Kier alpha value is -1.18. The molecule has 1 aromatic carbocycles. The van der Waals surface area contributed by atoms with Gasteiger partial charge in [-0.1, -0.05) is 12.1 Å². The van der Waals surface area contributed by atoms with Gasteiger partial charge < -0.3 is 19.4 Å². The standard InChI is InChI=1S/C17H28N4O.HI/c1-19(2)17(20(3)4)18-12-14-10-11-21(13-14)15-8-6-7-9-16(15)22-5;/h6-9,14H,10-13H2,1-5H3;1H. The summed E-state index contributed by atoms with van der Waals surface area (Å²) < 4.78 is 5.47. The van der Waals surface area contributed by atoms with Crippen molar-refractivity contribution >= 4 is 35.6 Å². The first-order valence-corrected chi connectivity index (χ1v) is 7.80. The Morgan fingerprint density at radius 3 is 2.48 bits per heavy atom. The lowest BCUT2D eigenvalue weighted by molar-refractivity contribution is 0.414. The number of para-hydroxylation sites is 2. The predicted molar refractivity (Wildman–Crippen MR) is 108 cm³/mol. The number of nitrogens with zero attached hydrogens (tertiary/aromatic N) is 4. The van der Waals surface area contributed by atoms with Gasteiger partial charge in [-0.25, -0.2) is 0 Å². The first-order valence-electron chi connectivity index (χ1n) is 7.80. The van der Waals surface area contributed by atoms with Gasteiger partial charge in [-0.3, -0.25) is 4.99 Å². The van der Waals surface area contributed by atoms with Gasteiger partial charge in [0, 0.05) is 47.8 Å². The Bertz CT molecular complexity index is 509. The molecule has 0 aromatic heterocycles. The fourth-order valence-corrected chi connectivity index (χ4v) is 2.99. The molecular weight excluding hydrogens is 403 g/mol. The van der Waals surface area contributed by atoms with Crippen molar-refractivity contribution in [2.45, 2.75) is 6.42 Å². The van der Waals surface area contributed by atoms with E-state index in [-0.39, 0.29) is 24.0 Å². The van der Waals surface area contributed by atoms with Crippen molar-refractivity contribution in [1.82, 2.24) is 9.80 Å². The van der Waals surface area contributed by atoms with E-state index >= 15 is 0 Å². The van der Waals surface area contributed by atoms with Crippen LogP contribution in [0.1, 0.15) is 6.42 Å². The van der Waals surface area contributed by atoms with E-state index in [1.54, 1.807) is 7.11 Å². The number of rotatable bonds is 4. The third kappa shape index (κ3) is 5.16. The molecule has 1 aliphatic heterocycles. The van der Waals surface area contributed by atoms with Crippen molar-refractivity contribution in [2.75, 3.05) is 59.8 Å². The Kier molecular flexibility index (Phi) is 7.94. The summed E-state index contributed by atoms with van der Waals surface area (Å²) in [5.41, 5.74) is 1.19. The average Bonchev–Trinajstić information content (AvgIpc) is 2.95. The zero-order chi connectivity index (χ0) is 16.1. The van der Waals surface area contributed by atoms with Gasteiger partial charge in [-0.15, -0.1) is 24.0 Å². The highest BCUT2D eigenvalue weighted by Gasteiger charge is 2.24. The fourth-order valence-electron chi connectivity index (χ4n) is 2.99. The van der Waals surface area contributed by atoms with Crippen LogP contribution in [-0.4, -0.2) is 70.7 Å². The highest BCUT2D eigenvalue weighted by atomic mass is 127. The molecule has 0 N–H and O–H groups in total. The van der Waals surface area contributed by atoms with Gasteiger partial charge in [0.1, 0.15) is 5.75 Å². The van der Waals surface area contributed by atoms with Gasteiger partial charge >= 0.3 is 0 Å². The molecule has 1 saturated heterocycles. The van der Waals surface area contributed by atoms with Gasteiger partial charge in [-0.2, -0.15) is 0 Å². The molecule has 0 bridgehead atoms. The van der Waals surface area contributed by atoms with Crippen LogP contribution in [0.5, 0.6) is 5.75 Å². The van der Waals surface area contributed by atoms with Gasteiger partial charge in [0.2, 0.25) is 0 Å². The van der Waals surface area contributed by atoms with E-state index in [1.807, 2.05) is 40.3 Å². The zero-order valence-corrected chi connectivity index (χ0v) is 17.2. The summed E-state index contributed by atoms with van der Waals surface area (Å²) in [6, 6.07) is 8.24. The number of hydrogen-bond donors (Lipinski definition) is 0.